The molecular formula is C5H10O4S. The van der Waals surface area contributed by atoms with Gasteiger partial charge in [-0.15, -0.1) is 0 Å². The summed E-state index contributed by atoms with van der Waals surface area (Å²) in [5.74, 6) is -0.0811. The van der Waals surface area contributed by atoms with E-state index in [-0.39, 0.29) is 12.2 Å². The summed E-state index contributed by atoms with van der Waals surface area (Å²) in [5, 5.41) is 0. The molecule has 4 nitrogen and oxygen atoms in total. The molecule has 0 fully saturated rings. The summed E-state index contributed by atoms with van der Waals surface area (Å²) >= 11 is 0. The van der Waals surface area contributed by atoms with Crippen LogP contribution in [0.3, 0.4) is 0 Å². The number of rotatable bonds is 5. The van der Waals surface area contributed by atoms with Crippen LogP contribution in [0.15, 0.2) is 0 Å². The first-order chi connectivity index (χ1) is 4.62. The highest BCUT2D eigenvalue weighted by atomic mass is 32.2. The Balaban J connectivity index is 3.76. The van der Waals surface area contributed by atoms with Gasteiger partial charge in [0.1, 0.15) is 0 Å². The van der Waals surface area contributed by atoms with Crippen molar-refractivity contribution in [3.63, 3.8) is 0 Å². The first-order valence-corrected chi connectivity index (χ1v) is 4.54. The molecule has 0 heterocycles. The average molecular weight is 166 g/mol. The van der Waals surface area contributed by atoms with Crippen LogP contribution in [-0.2, 0) is 19.1 Å². The van der Waals surface area contributed by atoms with Crippen molar-refractivity contribution in [2.75, 3.05) is 5.75 Å². The minimum atomic E-state index is -3.56. The molecule has 0 saturated carbocycles. The predicted molar refractivity (Wildman–Crippen MR) is 35.8 cm³/mol. The molecule has 0 radical (unpaired) electrons. The van der Waals surface area contributed by atoms with E-state index in [2.05, 4.69) is 4.18 Å². The van der Waals surface area contributed by atoms with Crippen molar-refractivity contribution in [1.82, 2.24) is 0 Å². The summed E-state index contributed by atoms with van der Waals surface area (Å²) in [5.41, 5.74) is 0. The monoisotopic (exact) mass is 166 g/mol. The molecule has 0 bridgehead atoms. The van der Waals surface area contributed by atoms with Gasteiger partial charge in [0.15, 0.2) is 0 Å². The molecule has 10 heavy (non-hydrogen) atoms. The molecule has 0 N–H and O–H groups in total. The SMILES string of the molecule is CCCCS(=O)(=O)OC=O. The topological polar surface area (TPSA) is 60.4 Å². The van der Waals surface area contributed by atoms with Crippen LogP contribution < -0.4 is 0 Å². The van der Waals surface area contributed by atoms with Gasteiger partial charge in [-0.3, -0.25) is 4.79 Å². The number of hydrogen-bond acceptors (Lipinski definition) is 4. The molecule has 0 saturated heterocycles. The van der Waals surface area contributed by atoms with Gasteiger partial charge in [0.25, 0.3) is 0 Å². The molecule has 0 aliphatic rings. The fourth-order valence-corrected chi connectivity index (χ4v) is 1.29. The van der Waals surface area contributed by atoms with Crippen LogP contribution >= 0.6 is 0 Å². The molecule has 0 rings (SSSR count). The molecule has 0 atom stereocenters. The lowest BCUT2D eigenvalue weighted by molar-refractivity contribution is -0.120. The molecule has 0 aliphatic heterocycles. The van der Waals surface area contributed by atoms with Crippen molar-refractivity contribution in [1.29, 1.82) is 0 Å². The molecule has 0 unspecified atom stereocenters. The lowest BCUT2D eigenvalue weighted by atomic mass is 10.4. The van der Waals surface area contributed by atoms with Gasteiger partial charge in [0.2, 0.25) is 0 Å². The Hall–Kier alpha value is -0.580. The van der Waals surface area contributed by atoms with E-state index >= 15 is 0 Å². The highest BCUT2D eigenvalue weighted by Gasteiger charge is 2.08. The number of carbonyl (C=O) groups is 1. The standard InChI is InChI=1S/C5H10O4S/c1-2-3-4-10(7,8)9-5-6/h5H,2-4H2,1H3. The normalized spacial score (nSPS) is 10.9. The van der Waals surface area contributed by atoms with Crippen LogP contribution in [0.4, 0.5) is 0 Å². The maximum Gasteiger partial charge on any atom is 0.311 e. The summed E-state index contributed by atoms with van der Waals surface area (Å²) in [6.07, 6.45) is 1.29. The van der Waals surface area contributed by atoms with Crippen LogP contribution in [0.25, 0.3) is 0 Å². The summed E-state index contributed by atoms with van der Waals surface area (Å²) in [6, 6.07) is 0. The van der Waals surface area contributed by atoms with Crippen LogP contribution in [0, 0.1) is 0 Å². The zero-order chi connectivity index (χ0) is 8.04. The Morgan fingerprint density at radius 2 is 2.10 bits per heavy atom. The summed E-state index contributed by atoms with van der Waals surface area (Å²) < 4.78 is 24.9. The summed E-state index contributed by atoms with van der Waals surface area (Å²) in [6.45, 7) is 1.79. The second-order valence-corrected chi connectivity index (χ2v) is 3.52. The lowest BCUT2D eigenvalue weighted by Crippen LogP contribution is -2.08. The van der Waals surface area contributed by atoms with Crippen LogP contribution in [0.1, 0.15) is 19.8 Å². The van der Waals surface area contributed by atoms with Gasteiger partial charge < -0.3 is 4.18 Å². The Morgan fingerprint density at radius 1 is 1.50 bits per heavy atom. The Morgan fingerprint density at radius 3 is 2.50 bits per heavy atom. The fraction of sp³-hybridized carbons (Fsp3) is 0.800. The van der Waals surface area contributed by atoms with Crippen molar-refractivity contribution in [3.8, 4) is 0 Å². The first-order valence-electron chi connectivity index (χ1n) is 2.97. The lowest BCUT2D eigenvalue weighted by Gasteiger charge is -1.96. The van der Waals surface area contributed by atoms with E-state index in [0.717, 1.165) is 6.42 Å². The molecule has 0 amide bonds. The van der Waals surface area contributed by atoms with Crippen molar-refractivity contribution in [2.24, 2.45) is 0 Å². The number of carbonyl (C=O) groups excluding carboxylic acids is 1. The first kappa shape index (κ1) is 9.42. The van der Waals surface area contributed by atoms with Gasteiger partial charge in [-0.1, -0.05) is 13.3 Å². The van der Waals surface area contributed by atoms with Gasteiger partial charge in [0.05, 0.1) is 5.75 Å². The van der Waals surface area contributed by atoms with Crippen molar-refractivity contribution in [3.05, 3.63) is 0 Å². The Bertz CT molecular complexity index is 182. The minimum Gasteiger partial charge on any atom is -0.349 e. The number of unbranched alkanes of at least 4 members (excludes halogenated alkanes) is 1. The van der Waals surface area contributed by atoms with Gasteiger partial charge in [-0.25, -0.2) is 0 Å². The third-order valence-corrected chi connectivity index (χ3v) is 2.09. The third-order valence-electron chi connectivity index (χ3n) is 0.934. The van der Waals surface area contributed by atoms with Gasteiger partial charge in [0, 0.05) is 0 Å². The maximum atomic E-state index is 10.5. The largest absolute Gasteiger partial charge is 0.349 e. The molecule has 5 heteroatoms. The molecule has 0 aliphatic carbocycles. The van der Waals surface area contributed by atoms with Crippen molar-refractivity contribution < 1.29 is 17.4 Å². The second kappa shape index (κ2) is 4.27. The van der Waals surface area contributed by atoms with E-state index in [4.69, 9.17) is 0 Å². The highest BCUT2D eigenvalue weighted by Crippen LogP contribution is 1.96. The molecule has 0 aromatic heterocycles. The smallest absolute Gasteiger partial charge is 0.311 e. The zero-order valence-electron chi connectivity index (χ0n) is 5.74. The van der Waals surface area contributed by atoms with Gasteiger partial charge >= 0.3 is 16.6 Å². The fourth-order valence-electron chi connectivity index (χ4n) is 0.429. The Labute approximate surface area is 60.3 Å². The van der Waals surface area contributed by atoms with E-state index in [0.29, 0.717) is 6.42 Å². The maximum absolute atomic E-state index is 10.5. The van der Waals surface area contributed by atoms with Crippen molar-refractivity contribution >= 4 is 16.6 Å². The van der Waals surface area contributed by atoms with E-state index in [9.17, 15) is 13.2 Å². The quantitative estimate of drug-likeness (QED) is 0.435. The summed E-state index contributed by atoms with van der Waals surface area (Å²) in [4.78, 5) is 9.58. The van der Waals surface area contributed by atoms with E-state index in [1.807, 2.05) is 6.92 Å². The Kier molecular flexibility index (Phi) is 4.02. The van der Waals surface area contributed by atoms with Crippen molar-refractivity contribution in [2.45, 2.75) is 19.8 Å². The van der Waals surface area contributed by atoms with Gasteiger partial charge in [-0.05, 0) is 6.42 Å². The predicted octanol–water partition coefficient (Wildman–Crippen LogP) is 0.289. The van der Waals surface area contributed by atoms with Crippen LogP contribution in [0.5, 0.6) is 0 Å². The number of hydrogen-bond donors (Lipinski definition) is 0. The third kappa shape index (κ3) is 4.31. The average Bonchev–Trinajstić information content (AvgIpc) is 1.84. The van der Waals surface area contributed by atoms with Gasteiger partial charge in [-0.2, -0.15) is 8.42 Å². The molecule has 60 valence electrons. The second-order valence-electron chi connectivity index (χ2n) is 1.81. The minimum absolute atomic E-state index is 0.0645. The van der Waals surface area contributed by atoms with Crippen LogP contribution in [0.2, 0.25) is 0 Å². The molecule has 0 aromatic rings. The van der Waals surface area contributed by atoms with E-state index in [1.54, 1.807) is 0 Å². The zero-order valence-corrected chi connectivity index (χ0v) is 6.56. The summed E-state index contributed by atoms with van der Waals surface area (Å²) in [7, 11) is -3.56. The molecule has 0 spiro atoms. The molecular weight excluding hydrogens is 156 g/mol. The van der Waals surface area contributed by atoms with Crippen LogP contribution in [-0.4, -0.2) is 20.6 Å². The van der Waals surface area contributed by atoms with E-state index in [1.165, 1.54) is 0 Å². The van der Waals surface area contributed by atoms with E-state index < -0.39 is 10.1 Å². The molecule has 0 aromatic carbocycles. The highest BCUT2D eigenvalue weighted by molar-refractivity contribution is 7.87.